The van der Waals surface area contributed by atoms with Crippen LogP contribution >= 0.6 is 0 Å². The molecule has 2 aromatic carbocycles. The fourth-order valence-corrected chi connectivity index (χ4v) is 2.93. The summed E-state index contributed by atoms with van der Waals surface area (Å²) in [5, 5.41) is 3.01. The Bertz CT molecular complexity index is 666. The van der Waals surface area contributed by atoms with Crippen molar-refractivity contribution < 1.29 is 4.79 Å². The molecule has 2 aromatic rings. The quantitative estimate of drug-likeness (QED) is 0.934. The molecule has 0 aliphatic carbocycles. The van der Waals surface area contributed by atoms with Gasteiger partial charge in [-0.1, -0.05) is 36.4 Å². The van der Waals surface area contributed by atoms with Gasteiger partial charge in [0.1, 0.15) is 0 Å². The van der Waals surface area contributed by atoms with E-state index in [1.54, 1.807) is 0 Å². The van der Waals surface area contributed by atoms with Crippen LogP contribution in [0.5, 0.6) is 0 Å². The minimum absolute atomic E-state index is 0.0350. The normalized spacial score (nSPS) is 16.7. The molecule has 0 radical (unpaired) electrons. The zero-order chi connectivity index (χ0) is 14.8. The summed E-state index contributed by atoms with van der Waals surface area (Å²) in [6.45, 7) is 4.57. The Labute approximate surface area is 125 Å². The first-order valence-corrected chi connectivity index (χ1v) is 7.35. The molecule has 108 valence electrons. The number of nitrogens with zero attached hydrogens (tertiary/aromatic N) is 1. The van der Waals surface area contributed by atoms with Crippen LogP contribution in [0, 0.1) is 6.92 Å². The number of aryl methyl sites for hydroxylation is 1. The molecule has 3 heteroatoms. The summed E-state index contributed by atoms with van der Waals surface area (Å²) < 4.78 is 0. The summed E-state index contributed by atoms with van der Waals surface area (Å²) in [5.74, 6) is 0.0350. The SMILES string of the molecule is Cc1ccccc1NC(=O)CN1c2ccccc2C[C@@H]1C. The van der Waals surface area contributed by atoms with E-state index < -0.39 is 0 Å². The number of hydrogen-bond donors (Lipinski definition) is 1. The highest BCUT2D eigenvalue weighted by molar-refractivity contribution is 5.95. The van der Waals surface area contributed by atoms with Gasteiger partial charge in [-0.3, -0.25) is 4.79 Å². The standard InChI is InChI=1S/C18H20N2O/c1-13-7-3-5-9-16(13)19-18(21)12-20-14(2)11-15-8-4-6-10-17(15)20/h3-10,14H,11-12H2,1-2H3,(H,19,21)/t14-/m0/s1. The number of carbonyl (C=O) groups is 1. The van der Waals surface area contributed by atoms with Gasteiger partial charge in [-0.15, -0.1) is 0 Å². The van der Waals surface area contributed by atoms with E-state index in [0.717, 1.165) is 17.7 Å². The Morgan fingerprint density at radius 1 is 1.19 bits per heavy atom. The minimum Gasteiger partial charge on any atom is -0.359 e. The van der Waals surface area contributed by atoms with Crippen LogP contribution in [-0.4, -0.2) is 18.5 Å². The third kappa shape index (κ3) is 2.77. The zero-order valence-corrected chi connectivity index (χ0v) is 12.5. The topological polar surface area (TPSA) is 32.3 Å². The van der Waals surface area contributed by atoms with E-state index in [1.165, 1.54) is 11.3 Å². The highest BCUT2D eigenvalue weighted by Gasteiger charge is 2.26. The van der Waals surface area contributed by atoms with Gasteiger partial charge in [0.15, 0.2) is 0 Å². The second-order valence-corrected chi connectivity index (χ2v) is 5.67. The molecule has 1 N–H and O–H groups in total. The third-order valence-corrected chi connectivity index (χ3v) is 4.08. The average molecular weight is 280 g/mol. The van der Waals surface area contributed by atoms with Gasteiger partial charge >= 0.3 is 0 Å². The molecule has 3 rings (SSSR count). The van der Waals surface area contributed by atoms with Crippen LogP contribution in [0.2, 0.25) is 0 Å². The largest absolute Gasteiger partial charge is 0.359 e. The van der Waals surface area contributed by atoms with Crippen molar-refractivity contribution in [2.75, 3.05) is 16.8 Å². The number of para-hydroxylation sites is 2. The molecular weight excluding hydrogens is 260 g/mol. The summed E-state index contributed by atoms with van der Waals surface area (Å²) in [6, 6.07) is 16.6. The van der Waals surface area contributed by atoms with Crippen molar-refractivity contribution in [3.63, 3.8) is 0 Å². The summed E-state index contributed by atoms with van der Waals surface area (Å²) in [7, 11) is 0. The van der Waals surface area contributed by atoms with E-state index in [0.29, 0.717) is 12.6 Å². The predicted octanol–water partition coefficient (Wildman–Crippen LogP) is 3.38. The van der Waals surface area contributed by atoms with Crippen LogP contribution in [0.25, 0.3) is 0 Å². The Morgan fingerprint density at radius 3 is 2.71 bits per heavy atom. The number of fused-ring (bicyclic) bond motifs is 1. The summed E-state index contributed by atoms with van der Waals surface area (Å²) in [5.41, 5.74) is 4.49. The Morgan fingerprint density at radius 2 is 1.90 bits per heavy atom. The van der Waals surface area contributed by atoms with Crippen LogP contribution < -0.4 is 10.2 Å². The van der Waals surface area contributed by atoms with Crippen molar-refractivity contribution in [1.82, 2.24) is 0 Å². The maximum absolute atomic E-state index is 12.3. The maximum atomic E-state index is 12.3. The summed E-state index contributed by atoms with van der Waals surface area (Å²) in [4.78, 5) is 14.5. The van der Waals surface area contributed by atoms with E-state index in [4.69, 9.17) is 0 Å². The molecule has 0 unspecified atom stereocenters. The van der Waals surface area contributed by atoms with Crippen molar-refractivity contribution >= 4 is 17.3 Å². The Balaban J connectivity index is 1.72. The van der Waals surface area contributed by atoms with Gasteiger partial charge in [0.05, 0.1) is 6.54 Å². The second-order valence-electron chi connectivity index (χ2n) is 5.67. The predicted molar refractivity (Wildman–Crippen MR) is 86.8 cm³/mol. The number of amides is 1. The number of benzene rings is 2. The third-order valence-electron chi connectivity index (χ3n) is 4.08. The van der Waals surface area contributed by atoms with E-state index in [9.17, 15) is 4.79 Å². The lowest BCUT2D eigenvalue weighted by atomic mass is 10.1. The van der Waals surface area contributed by atoms with E-state index in [2.05, 4.69) is 35.3 Å². The molecule has 0 saturated carbocycles. The van der Waals surface area contributed by atoms with E-state index in [1.807, 2.05) is 37.3 Å². The van der Waals surface area contributed by atoms with Gasteiger partial charge in [0, 0.05) is 17.4 Å². The van der Waals surface area contributed by atoms with Crippen molar-refractivity contribution in [3.8, 4) is 0 Å². The molecule has 1 aliphatic rings. The lowest BCUT2D eigenvalue weighted by Gasteiger charge is -2.24. The molecule has 0 spiro atoms. The summed E-state index contributed by atoms with van der Waals surface area (Å²) in [6.07, 6.45) is 1.01. The highest BCUT2D eigenvalue weighted by atomic mass is 16.2. The van der Waals surface area contributed by atoms with Crippen LogP contribution in [0.1, 0.15) is 18.1 Å². The smallest absolute Gasteiger partial charge is 0.243 e. The second kappa shape index (κ2) is 5.60. The van der Waals surface area contributed by atoms with Crippen LogP contribution in [0.4, 0.5) is 11.4 Å². The average Bonchev–Trinajstić information content (AvgIpc) is 2.78. The van der Waals surface area contributed by atoms with E-state index in [-0.39, 0.29) is 5.91 Å². The van der Waals surface area contributed by atoms with Gasteiger partial charge in [0.2, 0.25) is 5.91 Å². The van der Waals surface area contributed by atoms with Crippen LogP contribution in [0.3, 0.4) is 0 Å². The molecule has 21 heavy (non-hydrogen) atoms. The van der Waals surface area contributed by atoms with Gasteiger partial charge in [-0.25, -0.2) is 0 Å². The van der Waals surface area contributed by atoms with Gasteiger partial charge < -0.3 is 10.2 Å². The fraction of sp³-hybridized carbons (Fsp3) is 0.278. The molecule has 0 bridgehead atoms. The minimum atomic E-state index is 0.0350. The number of carbonyl (C=O) groups excluding carboxylic acids is 1. The molecule has 1 amide bonds. The van der Waals surface area contributed by atoms with Gasteiger partial charge in [-0.2, -0.15) is 0 Å². The van der Waals surface area contributed by atoms with Crippen molar-refractivity contribution in [2.45, 2.75) is 26.3 Å². The summed E-state index contributed by atoms with van der Waals surface area (Å²) >= 11 is 0. The molecule has 0 saturated heterocycles. The number of rotatable bonds is 3. The maximum Gasteiger partial charge on any atom is 0.243 e. The molecule has 3 nitrogen and oxygen atoms in total. The lowest BCUT2D eigenvalue weighted by molar-refractivity contribution is -0.115. The molecule has 0 aromatic heterocycles. The molecule has 1 aliphatic heterocycles. The molecular formula is C18H20N2O. The molecule has 1 heterocycles. The highest BCUT2D eigenvalue weighted by Crippen LogP contribution is 2.31. The molecule has 1 atom stereocenters. The first-order valence-electron chi connectivity index (χ1n) is 7.35. The Hall–Kier alpha value is -2.29. The van der Waals surface area contributed by atoms with E-state index >= 15 is 0 Å². The van der Waals surface area contributed by atoms with Gasteiger partial charge in [-0.05, 0) is 43.5 Å². The van der Waals surface area contributed by atoms with Crippen molar-refractivity contribution in [1.29, 1.82) is 0 Å². The van der Waals surface area contributed by atoms with Gasteiger partial charge in [0.25, 0.3) is 0 Å². The lowest BCUT2D eigenvalue weighted by Crippen LogP contribution is -2.37. The van der Waals surface area contributed by atoms with Crippen molar-refractivity contribution in [3.05, 3.63) is 59.7 Å². The number of anilines is 2. The molecule has 0 fully saturated rings. The first kappa shape index (κ1) is 13.7. The number of nitrogens with one attached hydrogen (secondary N) is 1. The monoisotopic (exact) mass is 280 g/mol. The number of hydrogen-bond acceptors (Lipinski definition) is 2. The fourth-order valence-electron chi connectivity index (χ4n) is 2.93. The van der Waals surface area contributed by atoms with Crippen LogP contribution in [0.15, 0.2) is 48.5 Å². The Kier molecular flexibility index (Phi) is 3.65. The van der Waals surface area contributed by atoms with Crippen LogP contribution in [-0.2, 0) is 11.2 Å². The first-order chi connectivity index (χ1) is 10.1. The van der Waals surface area contributed by atoms with Crippen molar-refractivity contribution in [2.24, 2.45) is 0 Å². The zero-order valence-electron chi connectivity index (χ0n) is 12.5.